The van der Waals surface area contributed by atoms with Crippen LogP contribution < -0.4 is 16.0 Å². The van der Waals surface area contributed by atoms with Crippen molar-refractivity contribution in [2.24, 2.45) is 5.73 Å². The van der Waals surface area contributed by atoms with E-state index >= 15 is 0 Å². The molecule has 0 aromatic carbocycles. The fraction of sp³-hybridized carbons (Fsp3) is 0.600. The van der Waals surface area contributed by atoms with E-state index in [4.69, 9.17) is 5.73 Å². The van der Waals surface area contributed by atoms with Gasteiger partial charge in [0, 0.05) is 56.9 Å². The molecular formula is C15H28Cl3N5O. The molecule has 2 heterocycles. The Morgan fingerprint density at radius 2 is 1.92 bits per heavy atom. The standard InChI is InChI=1S/C15H25N5O.3ClH/c1-12(16)10-14(21)18-11-13-4-3-5-17-15(13)20-8-6-19(2)7-9-20;;;/h3-5,12H,6-11,16H2,1-2H3,(H,18,21);3*1H. The quantitative estimate of drug-likeness (QED) is 0.782. The maximum atomic E-state index is 11.7. The molecule has 24 heavy (non-hydrogen) atoms. The third-order valence-corrected chi connectivity index (χ3v) is 3.65. The highest BCUT2D eigenvalue weighted by molar-refractivity contribution is 5.86. The number of carbonyl (C=O) groups is 1. The van der Waals surface area contributed by atoms with Gasteiger partial charge in [-0.1, -0.05) is 6.07 Å². The molecule has 1 aromatic heterocycles. The minimum atomic E-state index is -0.115. The van der Waals surface area contributed by atoms with Crippen molar-refractivity contribution in [2.45, 2.75) is 25.9 Å². The second-order valence-corrected chi connectivity index (χ2v) is 5.73. The molecule has 1 unspecified atom stereocenters. The third-order valence-electron chi connectivity index (χ3n) is 3.65. The highest BCUT2D eigenvalue weighted by atomic mass is 35.5. The Morgan fingerprint density at radius 1 is 1.29 bits per heavy atom. The Hall–Kier alpha value is -0.790. The molecule has 9 heteroatoms. The fourth-order valence-corrected chi connectivity index (χ4v) is 2.43. The molecule has 0 saturated carbocycles. The Kier molecular flexibility index (Phi) is 13.3. The molecular weight excluding hydrogens is 373 g/mol. The molecule has 1 fully saturated rings. The molecule has 0 radical (unpaired) electrons. The van der Waals surface area contributed by atoms with Gasteiger partial charge in [0.15, 0.2) is 0 Å². The molecule has 1 atom stereocenters. The van der Waals surface area contributed by atoms with E-state index in [1.165, 1.54) is 0 Å². The highest BCUT2D eigenvalue weighted by Crippen LogP contribution is 2.18. The summed E-state index contributed by atoms with van der Waals surface area (Å²) in [6.07, 6.45) is 2.16. The number of carbonyl (C=O) groups excluding carboxylic acids is 1. The number of nitrogens with one attached hydrogen (secondary N) is 1. The summed E-state index contributed by atoms with van der Waals surface area (Å²) in [7, 11) is 2.13. The second-order valence-electron chi connectivity index (χ2n) is 5.73. The van der Waals surface area contributed by atoms with Crippen LogP contribution >= 0.6 is 37.2 Å². The van der Waals surface area contributed by atoms with Gasteiger partial charge < -0.3 is 20.9 Å². The van der Waals surface area contributed by atoms with Crippen molar-refractivity contribution >= 4 is 48.9 Å². The first-order valence-electron chi connectivity index (χ1n) is 7.46. The Morgan fingerprint density at radius 3 is 2.50 bits per heavy atom. The van der Waals surface area contributed by atoms with Crippen LogP contribution in [0.3, 0.4) is 0 Å². The molecule has 1 saturated heterocycles. The molecule has 0 aliphatic carbocycles. The number of halogens is 3. The largest absolute Gasteiger partial charge is 0.354 e. The Bertz CT molecular complexity index is 482. The zero-order valence-corrected chi connectivity index (χ0v) is 16.6. The van der Waals surface area contributed by atoms with E-state index in [1.807, 2.05) is 19.1 Å². The predicted octanol–water partition coefficient (Wildman–Crippen LogP) is 1.45. The summed E-state index contributed by atoms with van der Waals surface area (Å²) in [5.74, 6) is 0.963. The van der Waals surface area contributed by atoms with E-state index < -0.39 is 0 Å². The van der Waals surface area contributed by atoms with Gasteiger partial charge in [-0.15, -0.1) is 37.2 Å². The van der Waals surface area contributed by atoms with Gasteiger partial charge in [-0.3, -0.25) is 4.79 Å². The van der Waals surface area contributed by atoms with Gasteiger partial charge >= 0.3 is 0 Å². The van der Waals surface area contributed by atoms with Crippen LogP contribution in [0.1, 0.15) is 18.9 Å². The zero-order valence-electron chi connectivity index (χ0n) is 14.1. The van der Waals surface area contributed by atoms with Crippen molar-refractivity contribution < 1.29 is 4.79 Å². The summed E-state index contributed by atoms with van der Waals surface area (Å²) in [5.41, 5.74) is 6.69. The molecule has 140 valence electrons. The number of likely N-dealkylation sites (N-methyl/N-ethyl adjacent to an activating group) is 1. The summed E-state index contributed by atoms with van der Waals surface area (Å²) < 4.78 is 0. The minimum Gasteiger partial charge on any atom is -0.354 e. The predicted molar refractivity (Wildman–Crippen MR) is 106 cm³/mol. The Labute approximate surface area is 162 Å². The smallest absolute Gasteiger partial charge is 0.221 e. The molecule has 3 N–H and O–H groups in total. The number of rotatable bonds is 5. The van der Waals surface area contributed by atoms with Gasteiger partial charge in [0.05, 0.1) is 0 Å². The van der Waals surface area contributed by atoms with Crippen molar-refractivity contribution in [3.63, 3.8) is 0 Å². The van der Waals surface area contributed by atoms with E-state index in [2.05, 4.69) is 27.1 Å². The van der Waals surface area contributed by atoms with Crippen LogP contribution in [0.25, 0.3) is 0 Å². The zero-order chi connectivity index (χ0) is 15.2. The lowest BCUT2D eigenvalue weighted by Crippen LogP contribution is -2.45. The summed E-state index contributed by atoms with van der Waals surface area (Å²) in [4.78, 5) is 20.8. The molecule has 6 nitrogen and oxygen atoms in total. The van der Waals surface area contributed by atoms with E-state index in [0.717, 1.165) is 37.6 Å². The monoisotopic (exact) mass is 399 g/mol. The number of nitrogens with zero attached hydrogens (tertiary/aromatic N) is 3. The van der Waals surface area contributed by atoms with Crippen molar-refractivity contribution in [3.8, 4) is 0 Å². The van der Waals surface area contributed by atoms with Gasteiger partial charge in [-0.25, -0.2) is 4.98 Å². The first kappa shape index (κ1) is 25.5. The molecule has 1 aliphatic rings. The van der Waals surface area contributed by atoms with Gasteiger partial charge in [0.2, 0.25) is 5.91 Å². The maximum Gasteiger partial charge on any atom is 0.221 e. The van der Waals surface area contributed by atoms with Crippen LogP contribution in [0.5, 0.6) is 0 Å². The first-order chi connectivity index (χ1) is 10.1. The van der Waals surface area contributed by atoms with Crippen molar-refractivity contribution in [3.05, 3.63) is 23.9 Å². The lowest BCUT2D eigenvalue weighted by Gasteiger charge is -2.34. The second kappa shape index (κ2) is 12.6. The third kappa shape index (κ3) is 7.85. The average Bonchev–Trinajstić information content (AvgIpc) is 2.46. The summed E-state index contributed by atoms with van der Waals surface area (Å²) in [6, 6.07) is 3.82. The molecule has 1 aromatic rings. The molecule has 2 rings (SSSR count). The number of piperazine rings is 1. The highest BCUT2D eigenvalue weighted by Gasteiger charge is 2.18. The van der Waals surface area contributed by atoms with Crippen LogP contribution in [0.2, 0.25) is 0 Å². The van der Waals surface area contributed by atoms with Crippen molar-refractivity contribution in [1.82, 2.24) is 15.2 Å². The number of pyridine rings is 1. The maximum absolute atomic E-state index is 11.7. The number of aromatic nitrogens is 1. The van der Waals surface area contributed by atoms with Crippen LogP contribution in [0.4, 0.5) is 5.82 Å². The van der Waals surface area contributed by atoms with Crippen LogP contribution in [-0.2, 0) is 11.3 Å². The van der Waals surface area contributed by atoms with Gasteiger partial charge in [0.25, 0.3) is 0 Å². The molecule has 1 aliphatic heterocycles. The fourth-order valence-electron chi connectivity index (χ4n) is 2.43. The van der Waals surface area contributed by atoms with E-state index in [1.54, 1.807) is 6.20 Å². The van der Waals surface area contributed by atoms with Gasteiger partial charge in [-0.2, -0.15) is 0 Å². The van der Waals surface area contributed by atoms with Crippen LogP contribution in [0.15, 0.2) is 18.3 Å². The van der Waals surface area contributed by atoms with Crippen molar-refractivity contribution in [2.75, 3.05) is 38.1 Å². The SMILES string of the molecule is CC(N)CC(=O)NCc1cccnc1N1CCN(C)CC1.Cl.Cl.Cl. The first-order valence-corrected chi connectivity index (χ1v) is 7.46. The van der Waals surface area contributed by atoms with Crippen LogP contribution in [-0.4, -0.2) is 55.1 Å². The molecule has 0 spiro atoms. The van der Waals surface area contributed by atoms with Gasteiger partial charge in [0.1, 0.15) is 5.82 Å². The number of hydrogen-bond acceptors (Lipinski definition) is 5. The lowest BCUT2D eigenvalue weighted by atomic mass is 10.2. The normalized spacial score (nSPS) is 15.4. The number of amides is 1. The van der Waals surface area contributed by atoms with Gasteiger partial charge in [-0.05, 0) is 20.0 Å². The number of hydrogen-bond donors (Lipinski definition) is 2. The number of nitrogens with two attached hydrogens (primary N) is 1. The van der Waals surface area contributed by atoms with E-state index in [-0.39, 0.29) is 49.2 Å². The summed E-state index contributed by atoms with van der Waals surface area (Å²) in [6.45, 7) is 6.34. The lowest BCUT2D eigenvalue weighted by molar-refractivity contribution is -0.121. The average molecular weight is 401 g/mol. The topological polar surface area (TPSA) is 74.5 Å². The minimum absolute atomic E-state index is 0. The van der Waals surface area contributed by atoms with Crippen molar-refractivity contribution in [1.29, 1.82) is 0 Å². The van der Waals surface area contributed by atoms with E-state index in [0.29, 0.717) is 13.0 Å². The number of anilines is 1. The molecule has 0 bridgehead atoms. The molecule has 1 amide bonds. The summed E-state index contributed by atoms with van der Waals surface area (Å²) >= 11 is 0. The Balaban J connectivity index is 0. The van der Waals surface area contributed by atoms with Crippen LogP contribution in [0, 0.1) is 0 Å². The summed E-state index contributed by atoms with van der Waals surface area (Å²) in [5, 5.41) is 2.92. The van der Waals surface area contributed by atoms with E-state index in [9.17, 15) is 4.79 Å².